The molecule has 0 fully saturated rings. The van der Waals surface area contributed by atoms with Gasteiger partial charge in [0.2, 0.25) is 5.91 Å². The molecule has 1 amide bonds. The summed E-state index contributed by atoms with van der Waals surface area (Å²) < 4.78 is 0. The molecule has 0 saturated heterocycles. The molecule has 0 spiro atoms. The van der Waals surface area contributed by atoms with Gasteiger partial charge in [0.1, 0.15) is 0 Å². The van der Waals surface area contributed by atoms with E-state index in [1.54, 1.807) is 21.6 Å². The number of carbonyl (C=O) groups is 1. The molecule has 1 heterocycles. The van der Waals surface area contributed by atoms with Crippen molar-refractivity contribution in [1.29, 1.82) is 0 Å². The third kappa shape index (κ3) is 7.09. The molecule has 1 aliphatic rings. The minimum Gasteiger partial charge on any atom is -0.272 e. The van der Waals surface area contributed by atoms with Crippen LogP contribution in [0.3, 0.4) is 0 Å². The lowest BCUT2D eigenvalue weighted by Gasteiger charge is -2.04. The number of aliphatic imine (C=N–C) groups is 1. The molecule has 1 rings (SSSR count). The zero-order valence-corrected chi connectivity index (χ0v) is 11.5. The molecule has 86 valence electrons. The second kappa shape index (κ2) is 9.36. The van der Waals surface area contributed by atoms with Crippen LogP contribution >= 0.6 is 35.1 Å². The first-order valence-corrected chi connectivity index (χ1v) is 7.13. The standard InChI is InChI=1S/C10H15NOS2.H2S/c1-2-3-4-7-10-11-9(12)6-5-8-13-14-10;/h5,8H,2-4,6-7H2,1H3;1H2/b8-5-,11-10-;. The van der Waals surface area contributed by atoms with Gasteiger partial charge in [-0.15, -0.1) is 0 Å². The van der Waals surface area contributed by atoms with E-state index in [9.17, 15) is 4.79 Å². The molecular weight excluding hydrogens is 246 g/mol. The Hall–Kier alpha value is 0.130. The van der Waals surface area contributed by atoms with Crippen molar-refractivity contribution in [3.63, 3.8) is 0 Å². The third-order valence-electron chi connectivity index (χ3n) is 1.83. The molecule has 0 aromatic heterocycles. The van der Waals surface area contributed by atoms with Crippen LogP contribution in [0, 0.1) is 0 Å². The predicted octanol–water partition coefficient (Wildman–Crippen LogP) is 3.90. The maximum absolute atomic E-state index is 11.2. The fraction of sp³-hybridized carbons (Fsp3) is 0.600. The van der Waals surface area contributed by atoms with Gasteiger partial charge in [-0.05, 0) is 29.0 Å². The van der Waals surface area contributed by atoms with Gasteiger partial charge >= 0.3 is 0 Å². The van der Waals surface area contributed by atoms with Crippen LogP contribution in [0.1, 0.15) is 39.0 Å². The summed E-state index contributed by atoms with van der Waals surface area (Å²) in [6.45, 7) is 2.18. The summed E-state index contributed by atoms with van der Waals surface area (Å²) in [7, 11) is 3.26. The molecule has 0 aliphatic carbocycles. The lowest BCUT2D eigenvalue weighted by molar-refractivity contribution is -0.116. The second-order valence-electron chi connectivity index (χ2n) is 3.11. The van der Waals surface area contributed by atoms with E-state index in [4.69, 9.17) is 0 Å². The highest BCUT2D eigenvalue weighted by atomic mass is 33.1. The molecule has 5 heteroatoms. The Balaban J connectivity index is 0.00000196. The largest absolute Gasteiger partial charge is 0.272 e. The molecule has 0 atom stereocenters. The van der Waals surface area contributed by atoms with E-state index < -0.39 is 0 Å². The summed E-state index contributed by atoms with van der Waals surface area (Å²) in [4.78, 5) is 15.3. The highest BCUT2D eigenvalue weighted by molar-refractivity contribution is 8.83. The smallest absolute Gasteiger partial charge is 0.250 e. The van der Waals surface area contributed by atoms with Crippen molar-refractivity contribution in [2.24, 2.45) is 4.99 Å². The van der Waals surface area contributed by atoms with E-state index in [0.717, 1.165) is 17.9 Å². The summed E-state index contributed by atoms with van der Waals surface area (Å²) in [6.07, 6.45) is 6.83. The van der Waals surface area contributed by atoms with Crippen LogP contribution in [0.15, 0.2) is 16.5 Å². The zero-order valence-electron chi connectivity index (χ0n) is 8.86. The van der Waals surface area contributed by atoms with E-state index in [1.165, 1.54) is 12.8 Å². The first-order valence-electron chi connectivity index (χ1n) is 4.91. The number of rotatable bonds is 4. The van der Waals surface area contributed by atoms with Gasteiger partial charge in [0.05, 0.1) is 5.04 Å². The van der Waals surface area contributed by atoms with Crippen LogP contribution in [-0.4, -0.2) is 11.0 Å². The molecule has 15 heavy (non-hydrogen) atoms. The predicted molar refractivity (Wildman–Crippen MR) is 75.9 cm³/mol. The Morgan fingerprint density at radius 1 is 1.47 bits per heavy atom. The molecule has 0 bridgehead atoms. The fourth-order valence-electron chi connectivity index (χ4n) is 1.10. The first-order chi connectivity index (χ1) is 6.83. The zero-order chi connectivity index (χ0) is 10.2. The topological polar surface area (TPSA) is 29.4 Å². The normalized spacial score (nSPS) is 21.9. The maximum atomic E-state index is 11.2. The Morgan fingerprint density at radius 3 is 3.00 bits per heavy atom. The molecule has 2 nitrogen and oxygen atoms in total. The highest BCUT2D eigenvalue weighted by Crippen LogP contribution is 2.28. The van der Waals surface area contributed by atoms with Gasteiger partial charge in [0.15, 0.2) is 0 Å². The average Bonchev–Trinajstić information content (AvgIpc) is 2.13. The second-order valence-corrected chi connectivity index (χ2v) is 5.29. The van der Waals surface area contributed by atoms with Gasteiger partial charge in [0.25, 0.3) is 0 Å². The number of hydrogen-bond donors (Lipinski definition) is 0. The van der Waals surface area contributed by atoms with Crippen LogP contribution in [-0.2, 0) is 4.79 Å². The van der Waals surface area contributed by atoms with Gasteiger partial charge in [-0.2, -0.15) is 13.5 Å². The molecule has 0 N–H and O–H groups in total. The minimum atomic E-state index is -0.0134. The summed E-state index contributed by atoms with van der Waals surface area (Å²) >= 11 is 0. The lowest BCUT2D eigenvalue weighted by Crippen LogP contribution is -1.99. The maximum Gasteiger partial charge on any atom is 0.250 e. The summed E-state index contributed by atoms with van der Waals surface area (Å²) in [5.41, 5.74) is 0. The Bertz CT molecular complexity index is 251. The summed E-state index contributed by atoms with van der Waals surface area (Å²) in [6, 6.07) is 0. The van der Waals surface area contributed by atoms with E-state index in [0.29, 0.717) is 6.42 Å². The summed E-state index contributed by atoms with van der Waals surface area (Å²) in [5, 5.41) is 2.95. The number of amides is 1. The number of nitrogens with zero attached hydrogens (tertiary/aromatic N) is 1. The van der Waals surface area contributed by atoms with E-state index in [-0.39, 0.29) is 19.4 Å². The van der Waals surface area contributed by atoms with Crippen molar-refractivity contribution in [1.82, 2.24) is 0 Å². The van der Waals surface area contributed by atoms with Crippen molar-refractivity contribution in [3.05, 3.63) is 11.5 Å². The lowest BCUT2D eigenvalue weighted by atomic mass is 10.2. The van der Waals surface area contributed by atoms with Crippen molar-refractivity contribution < 1.29 is 4.79 Å². The van der Waals surface area contributed by atoms with Crippen LogP contribution in [0.25, 0.3) is 0 Å². The van der Waals surface area contributed by atoms with E-state index >= 15 is 0 Å². The minimum absolute atomic E-state index is 0. The van der Waals surface area contributed by atoms with Gasteiger partial charge in [-0.25, -0.2) is 4.99 Å². The van der Waals surface area contributed by atoms with Crippen LogP contribution in [0.5, 0.6) is 0 Å². The summed E-state index contributed by atoms with van der Waals surface area (Å²) in [5.74, 6) is -0.0134. The van der Waals surface area contributed by atoms with Gasteiger partial charge < -0.3 is 0 Å². The highest BCUT2D eigenvalue weighted by Gasteiger charge is 2.06. The van der Waals surface area contributed by atoms with E-state index in [1.807, 2.05) is 11.5 Å². The first kappa shape index (κ1) is 15.1. The fourth-order valence-corrected chi connectivity index (χ4v) is 2.90. The van der Waals surface area contributed by atoms with Gasteiger partial charge in [-0.3, -0.25) is 4.79 Å². The van der Waals surface area contributed by atoms with E-state index in [2.05, 4.69) is 11.9 Å². The molecule has 0 radical (unpaired) electrons. The quantitative estimate of drug-likeness (QED) is 0.569. The van der Waals surface area contributed by atoms with Crippen LogP contribution in [0.2, 0.25) is 0 Å². The van der Waals surface area contributed by atoms with Gasteiger partial charge in [-0.1, -0.05) is 36.6 Å². The van der Waals surface area contributed by atoms with Crippen LogP contribution < -0.4 is 0 Å². The Kier molecular flexibility index (Phi) is 9.44. The van der Waals surface area contributed by atoms with Crippen LogP contribution in [0.4, 0.5) is 0 Å². The molecule has 0 unspecified atom stereocenters. The third-order valence-corrected chi connectivity index (χ3v) is 3.92. The molecular formula is C10H17NOS3. The number of carbonyl (C=O) groups excluding carboxylic acids is 1. The molecule has 0 saturated carbocycles. The SMILES string of the molecule is CCCCC/C1=N/C(=O)C/C=C\SS1.S. The average molecular weight is 263 g/mol. The monoisotopic (exact) mass is 263 g/mol. The van der Waals surface area contributed by atoms with Crippen molar-refractivity contribution >= 4 is 46.0 Å². The van der Waals surface area contributed by atoms with Crippen molar-refractivity contribution in [2.75, 3.05) is 0 Å². The Labute approximate surface area is 106 Å². The van der Waals surface area contributed by atoms with Gasteiger partial charge in [0, 0.05) is 6.42 Å². The molecule has 0 aromatic carbocycles. The van der Waals surface area contributed by atoms with Crippen molar-refractivity contribution in [2.45, 2.75) is 39.0 Å². The molecule has 1 aliphatic heterocycles. The molecule has 0 aromatic rings. The van der Waals surface area contributed by atoms with Crippen molar-refractivity contribution in [3.8, 4) is 0 Å². The number of hydrogen-bond acceptors (Lipinski definition) is 3. The number of unbranched alkanes of at least 4 members (excludes halogenated alkanes) is 2. The Morgan fingerprint density at radius 2 is 2.27 bits per heavy atom.